The number of halogens is 4. The van der Waals surface area contributed by atoms with E-state index >= 15 is 0 Å². The van der Waals surface area contributed by atoms with Gasteiger partial charge in [-0.15, -0.1) is 0 Å². The van der Waals surface area contributed by atoms with Crippen LogP contribution in [-0.2, 0) is 0 Å². The fraction of sp³-hybridized carbons (Fsp3) is 0.250. The highest BCUT2D eigenvalue weighted by Crippen LogP contribution is 2.23. The third-order valence-corrected chi connectivity index (χ3v) is 3.81. The van der Waals surface area contributed by atoms with Crippen molar-refractivity contribution in [3.63, 3.8) is 0 Å². The Kier molecular flexibility index (Phi) is 5.55. The smallest absolute Gasteiger partial charge is 0.393 e. The van der Waals surface area contributed by atoms with E-state index in [0.717, 1.165) is 0 Å². The van der Waals surface area contributed by atoms with Crippen molar-refractivity contribution in [2.24, 2.45) is 5.73 Å². The summed E-state index contributed by atoms with van der Waals surface area (Å²) in [5.74, 6) is -0.844. The number of benzene rings is 2. The predicted octanol–water partition coefficient (Wildman–Crippen LogP) is 4.29. The molecule has 0 bridgehead atoms. The summed E-state index contributed by atoms with van der Waals surface area (Å²) < 4.78 is 33.1. The molecule has 2 N–H and O–H groups in total. The SMILES string of the molecule is CC(C)(N)CB(Oc1ccc(Cl)c(F)c1)c1ccc(Cl)c(F)c1. The zero-order valence-electron chi connectivity index (χ0n) is 12.7. The first-order chi connectivity index (χ1) is 10.7. The largest absolute Gasteiger partial charge is 0.555 e. The molecule has 7 heteroatoms. The fourth-order valence-corrected chi connectivity index (χ4v) is 2.37. The van der Waals surface area contributed by atoms with Gasteiger partial charge >= 0.3 is 6.92 Å². The lowest BCUT2D eigenvalue weighted by Crippen LogP contribution is -2.46. The fourth-order valence-electron chi connectivity index (χ4n) is 2.13. The Morgan fingerprint density at radius 3 is 2.13 bits per heavy atom. The van der Waals surface area contributed by atoms with Crippen LogP contribution in [0.15, 0.2) is 36.4 Å². The van der Waals surface area contributed by atoms with Crippen molar-refractivity contribution >= 4 is 35.6 Å². The van der Waals surface area contributed by atoms with Crippen molar-refractivity contribution in [2.75, 3.05) is 0 Å². The van der Waals surface area contributed by atoms with Gasteiger partial charge in [0.05, 0.1) is 10.0 Å². The lowest BCUT2D eigenvalue weighted by molar-refractivity contribution is 0.514. The Labute approximate surface area is 144 Å². The van der Waals surface area contributed by atoms with Crippen LogP contribution in [0.3, 0.4) is 0 Å². The Morgan fingerprint density at radius 2 is 1.61 bits per heavy atom. The van der Waals surface area contributed by atoms with Crippen LogP contribution in [0.5, 0.6) is 5.75 Å². The van der Waals surface area contributed by atoms with Crippen LogP contribution in [0, 0.1) is 11.6 Å². The molecule has 0 unspecified atom stereocenters. The van der Waals surface area contributed by atoms with Crippen molar-refractivity contribution in [2.45, 2.75) is 25.7 Å². The summed E-state index contributed by atoms with van der Waals surface area (Å²) in [6.07, 6.45) is 0.401. The van der Waals surface area contributed by atoms with Crippen LogP contribution in [0.1, 0.15) is 13.8 Å². The van der Waals surface area contributed by atoms with Gasteiger partial charge in [-0.2, -0.15) is 0 Å². The van der Waals surface area contributed by atoms with Gasteiger partial charge in [0.25, 0.3) is 0 Å². The van der Waals surface area contributed by atoms with Gasteiger partial charge in [-0.25, -0.2) is 8.78 Å². The second-order valence-corrected chi connectivity index (χ2v) is 6.86. The van der Waals surface area contributed by atoms with E-state index in [1.54, 1.807) is 12.1 Å². The molecule has 0 spiro atoms. The molecule has 2 nitrogen and oxygen atoms in total. The minimum absolute atomic E-state index is 0.00518. The minimum Gasteiger partial charge on any atom is -0.555 e. The summed E-state index contributed by atoms with van der Waals surface area (Å²) in [6, 6.07) is 8.55. The Balaban J connectivity index is 2.33. The van der Waals surface area contributed by atoms with Crippen molar-refractivity contribution in [1.29, 1.82) is 0 Å². The molecule has 0 heterocycles. The molecule has 0 saturated heterocycles. The van der Waals surface area contributed by atoms with E-state index in [1.165, 1.54) is 24.3 Å². The van der Waals surface area contributed by atoms with Crippen molar-refractivity contribution < 1.29 is 13.4 Å². The first-order valence-electron chi connectivity index (χ1n) is 7.01. The van der Waals surface area contributed by atoms with Gasteiger partial charge in [0.15, 0.2) is 0 Å². The predicted molar refractivity (Wildman–Crippen MR) is 91.9 cm³/mol. The molecule has 2 rings (SSSR count). The summed E-state index contributed by atoms with van der Waals surface area (Å²) >= 11 is 11.4. The average Bonchev–Trinajstić information content (AvgIpc) is 2.44. The van der Waals surface area contributed by atoms with Crippen LogP contribution in [0.4, 0.5) is 8.78 Å². The molecule has 0 aliphatic carbocycles. The van der Waals surface area contributed by atoms with Crippen molar-refractivity contribution in [1.82, 2.24) is 0 Å². The number of hydrogen-bond acceptors (Lipinski definition) is 2. The number of hydrogen-bond donors (Lipinski definition) is 1. The molecule has 23 heavy (non-hydrogen) atoms. The molecule has 2 aromatic carbocycles. The van der Waals surface area contributed by atoms with Gasteiger partial charge in [0, 0.05) is 11.6 Å². The highest BCUT2D eigenvalue weighted by atomic mass is 35.5. The summed E-state index contributed by atoms with van der Waals surface area (Å²) in [7, 11) is 0. The standard InChI is InChI=1S/C16H16BCl2F2NO/c1-16(2,22)9-17(10-3-5-12(18)14(20)7-10)23-11-4-6-13(19)15(21)8-11/h3-8H,9,22H2,1-2H3. The summed E-state index contributed by atoms with van der Waals surface area (Å²) in [5.41, 5.74) is 6.06. The van der Waals surface area contributed by atoms with Crippen LogP contribution in [-0.4, -0.2) is 12.5 Å². The minimum atomic E-state index is -0.586. The summed E-state index contributed by atoms with van der Waals surface area (Å²) in [5, 5.41) is 0.0302. The molecular formula is C16H16BCl2F2NO. The molecule has 0 aromatic heterocycles. The maximum absolute atomic E-state index is 13.7. The average molecular weight is 358 g/mol. The lowest BCUT2D eigenvalue weighted by Gasteiger charge is -2.24. The first-order valence-corrected chi connectivity index (χ1v) is 7.77. The molecule has 0 radical (unpaired) electrons. The van der Waals surface area contributed by atoms with E-state index in [9.17, 15) is 8.78 Å². The molecule has 122 valence electrons. The highest BCUT2D eigenvalue weighted by Gasteiger charge is 2.28. The van der Waals surface area contributed by atoms with E-state index in [1.807, 2.05) is 13.8 Å². The van der Waals surface area contributed by atoms with Crippen molar-refractivity contribution in [3.05, 3.63) is 58.1 Å². The zero-order chi connectivity index (χ0) is 17.2. The Bertz CT molecular complexity index is 707. The lowest BCUT2D eigenvalue weighted by atomic mass is 9.54. The second kappa shape index (κ2) is 7.08. The highest BCUT2D eigenvalue weighted by molar-refractivity contribution is 6.68. The molecule has 0 atom stereocenters. The van der Waals surface area contributed by atoms with Gasteiger partial charge in [-0.05, 0) is 49.9 Å². The van der Waals surface area contributed by atoms with Gasteiger partial charge in [-0.1, -0.05) is 29.3 Å². The van der Waals surface area contributed by atoms with Crippen LogP contribution >= 0.6 is 23.2 Å². The van der Waals surface area contributed by atoms with E-state index in [-0.39, 0.29) is 15.8 Å². The van der Waals surface area contributed by atoms with Gasteiger partial charge in [0.2, 0.25) is 0 Å². The molecule has 0 saturated carbocycles. The quantitative estimate of drug-likeness (QED) is 0.810. The van der Waals surface area contributed by atoms with E-state index in [2.05, 4.69) is 0 Å². The van der Waals surface area contributed by atoms with Gasteiger partial charge < -0.3 is 10.4 Å². The second-order valence-electron chi connectivity index (χ2n) is 6.05. The maximum atomic E-state index is 13.7. The zero-order valence-corrected chi connectivity index (χ0v) is 14.3. The van der Waals surface area contributed by atoms with E-state index < -0.39 is 24.1 Å². The summed E-state index contributed by atoms with van der Waals surface area (Å²) in [6.45, 7) is 3.11. The van der Waals surface area contributed by atoms with E-state index in [4.69, 9.17) is 33.6 Å². The molecule has 0 aliphatic rings. The Hall–Kier alpha value is -1.30. The monoisotopic (exact) mass is 357 g/mol. The number of nitrogens with two attached hydrogens (primary N) is 1. The molecular weight excluding hydrogens is 342 g/mol. The summed E-state index contributed by atoms with van der Waals surface area (Å²) in [4.78, 5) is 0. The third-order valence-electron chi connectivity index (χ3n) is 3.20. The van der Waals surface area contributed by atoms with Crippen LogP contribution < -0.4 is 15.9 Å². The van der Waals surface area contributed by atoms with Crippen LogP contribution in [0.2, 0.25) is 16.4 Å². The molecule has 2 aromatic rings. The maximum Gasteiger partial charge on any atom is 0.393 e. The van der Waals surface area contributed by atoms with Gasteiger partial charge in [0.1, 0.15) is 17.4 Å². The van der Waals surface area contributed by atoms with Crippen LogP contribution in [0.25, 0.3) is 0 Å². The molecule has 0 amide bonds. The number of rotatable bonds is 5. The van der Waals surface area contributed by atoms with Gasteiger partial charge in [-0.3, -0.25) is 0 Å². The normalized spacial score (nSPS) is 11.4. The molecule has 0 aliphatic heterocycles. The topological polar surface area (TPSA) is 35.2 Å². The molecule has 0 fully saturated rings. The van der Waals surface area contributed by atoms with Crippen molar-refractivity contribution in [3.8, 4) is 5.75 Å². The first kappa shape index (κ1) is 18.0. The third kappa shape index (κ3) is 5.10. The van der Waals surface area contributed by atoms with E-state index in [0.29, 0.717) is 11.8 Å². The Morgan fingerprint density at radius 1 is 1.04 bits per heavy atom.